The van der Waals surface area contributed by atoms with Gasteiger partial charge in [-0.3, -0.25) is 10.8 Å². The number of nitrogens with one attached hydrogen (secondary N) is 5. The summed E-state index contributed by atoms with van der Waals surface area (Å²) in [6, 6.07) is -0.0549. The molecule has 2 saturated heterocycles. The molecule has 0 aromatic rings. The van der Waals surface area contributed by atoms with Crippen molar-refractivity contribution in [2.75, 3.05) is 20.1 Å². The predicted octanol–water partition coefficient (Wildman–Crippen LogP) is -1.93. The van der Waals surface area contributed by atoms with Gasteiger partial charge in [0.05, 0.1) is 18.5 Å². The van der Waals surface area contributed by atoms with Gasteiger partial charge in [-0.15, -0.1) is 0 Å². The van der Waals surface area contributed by atoms with Gasteiger partial charge in [0.1, 0.15) is 0 Å². The lowest BCUT2D eigenvalue weighted by Crippen LogP contribution is -2.78. The number of aliphatic hydroxyl groups excluding tert-OH is 1. The van der Waals surface area contributed by atoms with E-state index in [2.05, 4.69) is 16.0 Å². The SMILES string of the molecule is CNC1CNC(=N)N2CC[C@@H](O)[C@]12NC=N. The van der Waals surface area contributed by atoms with E-state index in [4.69, 9.17) is 10.8 Å². The lowest BCUT2D eigenvalue weighted by atomic mass is 9.92. The zero-order valence-corrected chi connectivity index (χ0v) is 9.25. The Bertz CT molecular complexity index is 308. The van der Waals surface area contributed by atoms with Crippen LogP contribution >= 0.6 is 0 Å². The summed E-state index contributed by atoms with van der Waals surface area (Å²) in [6.45, 7) is 1.18. The maximum atomic E-state index is 10.2. The highest BCUT2D eigenvalue weighted by molar-refractivity contribution is 5.80. The van der Waals surface area contributed by atoms with Crippen molar-refractivity contribution in [3.63, 3.8) is 0 Å². The average molecular weight is 226 g/mol. The van der Waals surface area contributed by atoms with Crippen LogP contribution in [0.3, 0.4) is 0 Å². The van der Waals surface area contributed by atoms with Crippen molar-refractivity contribution in [2.24, 2.45) is 0 Å². The minimum Gasteiger partial charge on any atom is -0.389 e. The van der Waals surface area contributed by atoms with Gasteiger partial charge in [0.15, 0.2) is 11.6 Å². The third-order valence-corrected chi connectivity index (χ3v) is 3.51. The van der Waals surface area contributed by atoms with E-state index >= 15 is 0 Å². The molecule has 0 saturated carbocycles. The molecule has 7 nitrogen and oxygen atoms in total. The number of aliphatic hydroxyl groups is 1. The minimum absolute atomic E-state index is 0.0549. The Hall–Kier alpha value is -1.34. The fourth-order valence-corrected chi connectivity index (χ4v) is 2.72. The molecule has 0 amide bonds. The van der Waals surface area contributed by atoms with E-state index in [0.29, 0.717) is 25.5 Å². The van der Waals surface area contributed by atoms with E-state index in [1.165, 1.54) is 0 Å². The van der Waals surface area contributed by atoms with Crippen molar-refractivity contribution in [3.05, 3.63) is 0 Å². The number of nitrogens with zero attached hydrogens (tertiary/aromatic N) is 1. The van der Waals surface area contributed by atoms with Gasteiger partial charge in [0.2, 0.25) is 0 Å². The molecule has 0 aliphatic carbocycles. The van der Waals surface area contributed by atoms with Gasteiger partial charge >= 0.3 is 0 Å². The fraction of sp³-hybridized carbons (Fsp3) is 0.778. The number of guanidine groups is 1. The van der Waals surface area contributed by atoms with Gasteiger partial charge in [-0.2, -0.15) is 0 Å². The highest BCUT2D eigenvalue weighted by atomic mass is 16.3. The van der Waals surface area contributed by atoms with Crippen molar-refractivity contribution >= 4 is 12.3 Å². The van der Waals surface area contributed by atoms with Crippen LogP contribution in [0.25, 0.3) is 0 Å². The van der Waals surface area contributed by atoms with Gasteiger partial charge in [-0.1, -0.05) is 0 Å². The average Bonchev–Trinajstić information content (AvgIpc) is 2.60. The molecular formula is C9H18N6O. The summed E-state index contributed by atoms with van der Waals surface area (Å²) >= 11 is 0. The number of likely N-dealkylation sites (N-methyl/N-ethyl adjacent to an activating group) is 1. The van der Waals surface area contributed by atoms with Crippen LogP contribution < -0.4 is 16.0 Å². The highest BCUT2D eigenvalue weighted by Gasteiger charge is 2.56. The minimum atomic E-state index is -0.765. The number of fused-ring (bicyclic) bond motifs is 1. The largest absolute Gasteiger partial charge is 0.389 e. The second-order valence-corrected chi connectivity index (χ2v) is 4.14. The molecule has 0 bridgehead atoms. The summed E-state index contributed by atoms with van der Waals surface area (Å²) in [5, 5.41) is 34.2. The number of rotatable bonds is 3. The molecule has 7 heteroatoms. The summed E-state index contributed by atoms with van der Waals surface area (Å²) in [5.74, 6) is 0.303. The Kier molecular flexibility index (Phi) is 2.73. The summed E-state index contributed by atoms with van der Waals surface area (Å²) in [6.07, 6.45) is 1.10. The molecule has 16 heavy (non-hydrogen) atoms. The molecular weight excluding hydrogens is 208 g/mol. The molecule has 2 aliphatic rings. The van der Waals surface area contributed by atoms with Crippen molar-refractivity contribution < 1.29 is 5.11 Å². The maximum absolute atomic E-state index is 10.2. The maximum Gasteiger partial charge on any atom is 0.193 e. The van der Waals surface area contributed by atoms with E-state index in [1.807, 2.05) is 7.05 Å². The van der Waals surface area contributed by atoms with Crippen LogP contribution in [0.5, 0.6) is 0 Å². The lowest BCUT2D eigenvalue weighted by molar-refractivity contribution is 0.00946. The van der Waals surface area contributed by atoms with Crippen molar-refractivity contribution in [1.82, 2.24) is 20.9 Å². The second kappa shape index (κ2) is 3.91. The molecule has 0 spiro atoms. The van der Waals surface area contributed by atoms with Crippen LogP contribution in [-0.4, -0.2) is 60.3 Å². The van der Waals surface area contributed by atoms with Crippen LogP contribution in [0, 0.1) is 10.8 Å². The van der Waals surface area contributed by atoms with Gasteiger partial charge < -0.3 is 26.0 Å². The Morgan fingerprint density at radius 2 is 2.44 bits per heavy atom. The summed E-state index contributed by atoms with van der Waals surface area (Å²) < 4.78 is 0. The third kappa shape index (κ3) is 1.28. The van der Waals surface area contributed by atoms with Crippen molar-refractivity contribution in [3.8, 4) is 0 Å². The molecule has 90 valence electrons. The van der Waals surface area contributed by atoms with E-state index < -0.39 is 11.8 Å². The smallest absolute Gasteiger partial charge is 0.193 e. The van der Waals surface area contributed by atoms with Crippen LogP contribution in [-0.2, 0) is 0 Å². The van der Waals surface area contributed by atoms with E-state index in [9.17, 15) is 5.11 Å². The molecule has 0 aromatic carbocycles. The van der Waals surface area contributed by atoms with Crippen LogP contribution in [0.1, 0.15) is 6.42 Å². The van der Waals surface area contributed by atoms with Crippen LogP contribution in [0.2, 0.25) is 0 Å². The first-order chi connectivity index (χ1) is 7.66. The van der Waals surface area contributed by atoms with Gasteiger partial charge in [-0.25, -0.2) is 0 Å². The molecule has 2 heterocycles. The van der Waals surface area contributed by atoms with Crippen molar-refractivity contribution in [2.45, 2.75) is 24.2 Å². The quantitative estimate of drug-likeness (QED) is 0.248. The first-order valence-corrected chi connectivity index (χ1v) is 5.39. The number of hydrogen-bond acceptors (Lipinski definition) is 4. The number of hydrogen-bond donors (Lipinski definition) is 6. The first kappa shape index (κ1) is 11.2. The van der Waals surface area contributed by atoms with Crippen molar-refractivity contribution in [1.29, 1.82) is 10.8 Å². The zero-order valence-electron chi connectivity index (χ0n) is 9.25. The lowest BCUT2D eigenvalue weighted by Gasteiger charge is -2.50. The second-order valence-electron chi connectivity index (χ2n) is 4.14. The topological polar surface area (TPSA) is 107 Å². The molecule has 0 aromatic heterocycles. The van der Waals surface area contributed by atoms with Gasteiger partial charge in [-0.05, 0) is 13.5 Å². The van der Waals surface area contributed by atoms with Crippen LogP contribution in [0.4, 0.5) is 0 Å². The monoisotopic (exact) mass is 226 g/mol. The fourth-order valence-electron chi connectivity index (χ4n) is 2.72. The molecule has 0 radical (unpaired) electrons. The van der Waals surface area contributed by atoms with E-state index in [-0.39, 0.29) is 6.04 Å². The predicted molar refractivity (Wildman–Crippen MR) is 60.6 cm³/mol. The van der Waals surface area contributed by atoms with Crippen LogP contribution in [0.15, 0.2) is 0 Å². The molecule has 2 aliphatic heterocycles. The normalized spacial score (nSPS) is 37.9. The standard InChI is InChI=1S/C9H18N6O/c1-12-6-4-13-8(11)15-3-2-7(16)9(6,15)14-5-10/h5-7,12,16H,2-4H2,1H3,(H2,10,14)(H2,11,13)/t6?,7-,9+/m1/s1. The van der Waals surface area contributed by atoms with E-state index in [0.717, 1.165) is 6.34 Å². The highest BCUT2D eigenvalue weighted by Crippen LogP contribution is 2.32. The van der Waals surface area contributed by atoms with Gasteiger partial charge in [0, 0.05) is 13.1 Å². The van der Waals surface area contributed by atoms with Gasteiger partial charge in [0.25, 0.3) is 0 Å². The molecule has 3 atom stereocenters. The molecule has 2 fully saturated rings. The third-order valence-electron chi connectivity index (χ3n) is 3.51. The summed E-state index contributed by atoms with van der Waals surface area (Å²) in [4.78, 5) is 1.79. The Labute approximate surface area is 94.2 Å². The first-order valence-electron chi connectivity index (χ1n) is 5.39. The van der Waals surface area contributed by atoms with E-state index in [1.54, 1.807) is 4.90 Å². The molecule has 2 rings (SSSR count). The Morgan fingerprint density at radius 3 is 3.06 bits per heavy atom. The summed E-state index contributed by atoms with van der Waals surface area (Å²) in [7, 11) is 1.82. The molecule has 6 N–H and O–H groups in total. The Balaban J connectivity index is 2.38. The zero-order chi connectivity index (χ0) is 11.8. The molecule has 1 unspecified atom stereocenters. The summed E-state index contributed by atoms with van der Waals surface area (Å²) in [5.41, 5.74) is -0.765. The Morgan fingerprint density at radius 1 is 1.69 bits per heavy atom.